The van der Waals surface area contributed by atoms with Gasteiger partial charge in [-0.05, 0) is 6.08 Å². The molecule has 0 spiro atoms. The second-order valence-corrected chi connectivity index (χ2v) is 2.10. The summed E-state index contributed by atoms with van der Waals surface area (Å²) < 4.78 is 4.50. The van der Waals surface area contributed by atoms with E-state index in [0.717, 1.165) is 0 Å². The molecule has 3 nitrogen and oxygen atoms in total. The first-order valence-corrected chi connectivity index (χ1v) is 3.13. The summed E-state index contributed by atoms with van der Waals surface area (Å²) in [5.74, 6) is -0.362. The van der Waals surface area contributed by atoms with Gasteiger partial charge >= 0.3 is 5.97 Å². The van der Waals surface area contributed by atoms with Crippen molar-refractivity contribution >= 4 is 17.6 Å². The number of hydrogen-bond donors (Lipinski definition) is 1. The van der Waals surface area contributed by atoms with E-state index in [9.17, 15) is 4.79 Å². The van der Waals surface area contributed by atoms with E-state index in [2.05, 4.69) is 4.74 Å². The van der Waals surface area contributed by atoms with Gasteiger partial charge < -0.3 is 9.84 Å². The second-order valence-electron chi connectivity index (χ2n) is 1.61. The largest absolute Gasteiger partial charge is 0.462 e. The van der Waals surface area contributed by atoms with Gasteiger partial charge in [0, 0.05) is 12.0 Å². The van der Waals surface area contributed by atoms with Gasteiger partial charge in [0.15, 0.2) is 0 Å². The molecule has 0 aromatic rings. The predicted octanol–water partition coefficient (Wildman–Crippen LogP) is 0.665. The number of rotatable bonds is 3. The summed E-state index contributed by atoms with van der Waals surface area (Å²) in [4.78, 5) is 10.2. The number of carbonyl (C=O) groups is 1. The van der Waals surface area contributed by atoms with Crippen LogP contribution in [0.3, 0.4) is 0 Å². The van der Waals surface area contributed by atoms with Crippen LogP contribution in [-0.4, -0.2) is 24.3 Å². The molecule has 0 amide bonds. The van der Waals surface area contributed by atoms with Crippen LogP contribution in [0.1, 0.15) is 6.92 Å². The molecule has 0 radical (unpaired) electrons. The van der Waals surface area contributed by atoms with Crippen LogP contribution >= 0.6 is 11.6 Å². The van der Waals surface area contributed by atoms with Gasteiger partial charge in [-0.25, -0.2) is 0 Å². The molecule has 0 aliphatic rings. The lowest BCUT2D eigenvalue weighted by Crippen LogP contribution is -1.98. The van der Waals surface area contributed by atoms with Crippen LogP contribution in [0.4, 0.5) is 0 Å². The Labute approximate surface area is 64.2 Å². The van der Waals surface area contributed by atoms with Crippen molar-refractivity contribution < 1.29 is 14.6 Å². The van der Waals surface area contributed by atoms with Crippen molar-refractivity contribution in [3.05, 3.63) is 11.1 Å². The third-order valence-electron chi connectivity index (χ3n) is 0.742. The van der Waals surface area contributed by atoms with Gasteiger partial charge in [0.05, 0.1) is 6.61 Å². The summed E-state index contributed by atoms with van der Waals surface area (Å²) in [6.07, 6.45) is 1.43. The zero-order valence-corrected chi connectivity index (χ0v) is 6.39. The van der Waals surface area contributed by atoms with Gasteiger partial charge in [-0.15, -0.1) is 0 Å². The molecule has 0 heterocycles. The highest BCUT2D eigenvalue weighted by molar-refractivity contribution is 6.29. The monoisotopic (exact) mass is 164 g/mol. The Kier molecular flexibility index (Phi) is 4.98. The smallest absolute Gasteiger partial charge is 0.302 e. The Balaban J connectivity index is 3.43. The maximum Gasteiger partial charge on any atom is 0.302 e. The van der Waals surface area contributed by atoms with Crippen LogP contribution in [0.5, 0.6) is 0 Å². The number of hydrogen-bond acceptors (Lipinski definition) is 3. The van der Waals surface area contributed by atoms with E-state index in [1.165, 1.54) is 13.0 Å². The van der Waals surface area contributed by atoms with Gasteiger partial charge in [-0.2, -0.15) is 0 Å². The maximum atomic E-state index is 10.2. The Morgan fingerprint density at radius 2 is 2.40 bits per heavy atom. The van der Waals surface area contributed by atoms with Gasteiger partial charge in [0.25, 0.3) is 0 Å². The lowest BCUT2D eigenvalue weighted by atomic mass is 10.5. The van der Waals surface area contributed by atoms with Crippen LogP contribution in [0, 0.1) is 0 Å². The van der Waals surface area contributed by atoms with Crippen LogP contribution in [0.15, 0.2) is 11.1 Å². The minimum atomic E-state index is -0.362. The van der Waals surface area contributed by atoms with Crippen molar-refractivity contribution in [2.75, 3.05) is 13.2 Å². The minimum absolute atomic E-state index is 0.120. The summed E-state index contributed by atoms with van der Waals surface area (Å²) in [5, 5.41) is 8.64. The number of esters is 1. The quantitative estimate of drug-likeness (QED) is 0.624. The summed E-state index contributed by atoms with van der Waals surface area (Å²) >= 11 is 5.37. The highest BCUT2D eigenvalue weighted by Gasteiger charge is 1.90. The third-order valence-corrected chi connectivity index (χ3v) is 1.02. The van der Waals surface area contributed by atoms with E-state index in [1.54, 1.807) is 0 Å². The standard InChI is InChI=1S/C6H9ClO3/c1-5(9)10-3-2-6(7)4-8/h2,8H,3-4H2,1H3. The molecule has 58 valence electrons. The average Bonchev–Trinajstić information content (AvgIpc) is 1.87. The van der Waals surface area contributed by atoms with E-state index in [-0.39, 0.29) is 24.2 Å². The lowest BCUT2D eigenvalue weighted by molar-refractivity contribution is -0.139. The fourth-order valence-electron chi connectivity index (χ4n) is 0.314. The van der Waals surface area contributed by atoms with Gasteiger partial charge in [0.1, 0.15) is 6.61 Å². The lowest BCUT2D eigenvalue weighted by Gasteiger charge is -1.95. The van der Waals surface area contributed by atoms with Crippen LogP contribution in [0.2, 0.25) is 0 Å². The fourth-order valence-corrected chi connectivity index (χ4v) is 0.377. The van der Waals surface area contributed by atoms with Crippen molar-refractivity contribution in [1.29, 1.82) is 0 Å². The molecule has 0 aliphatic carbocycles. The predicted molar refractivity (Wildman–Crippen MR) is 37.7 cm³/mol. The molecule has 0 aliphatic heterocycles. The summed E-state index contributed by atoms with van der Waals surface area (Å²) in [6.45, 7) is 1.21. The van der Waals surface area contributed by atoms with Crippen molar-refractivity contribution in [3.8, 4) is 0 Å². The minimum Gasteiger partial charge on any atom is -0.462 e. The summed E-state index contributed by atoms with van der Waals surface area (Å²) in [6, 6.07) is 0. The van der Waals surface area contributed by atoms with E-state index < -0.39 is 0 Å². The molecule has 0 atom stereocenters. The third kappa shape index (κ3) is 5.59. The molecular formula is C6H9ClO3. The van der Waals surface area contributed by atoms with E-state index >= 15 is 0 Å². The Bertz CT molecular complexity index is 142. The zero-order valence-electron chi connectivity index (χ0n) is 5.63. The molecule has 0 fully saturated rings. The Hall–Kier alpha value is -0.540. The van der Waals surface area contributed by atoms with E-state index in [4.69, 9.17) is 16.7 Å². The second kappa shape index (κ2) is 5.26. The maximum absolute atomic E-state index is 10.2. The highest BCUT2D eigenvalue weighted by Crippen LogP contribution is 1.97. The van der Waals surface area contributed by atoms with Crippen LogP contribution in [-0.2, 0) is 9.53 Å². The van der Waals surface area contributed by atoms with E-state index in [0.29, 0.717) is 0 Å². The molecule has 1 N–H and O–H groups in total. The van der Waals surface area contributed by atoms with Gasteiger partial charge in [-0.3, -0.25) is 4.79 Å². The number of carbonyl (C=O) groups excluding carboxylic acids is 1. The number of aliphatic hydroxyl groups excluding tert-OH is 1. The SMILES string of the molecule is CC(=O)OCC=C(Cl)CO. The summed E-state index contributed by atoms with van der Waals surface area (Å²) in [5.41, 5.74) is 0. The average molecular weight is 165 g/mol. The fraction of sp³-hybridized carbons (Fsp3) is 0.500. The molecule has 0 unspecified atom stereocenters. The molecule has 0 aromatic carbocycles. The number of ether oxygens (including phenoxy) is 1. The molecule has 0 saturated carbocycles. The number of aliphatic hydroxyl groups is 1. The van der Waals surface area contributed by atoms with Crippen molar-refractivity contribution in [1.82, 2.24) is 0 Å². The normalized spacial score (nSPS) is 11.3. The first-order valence-electron chi connectivity index (χ1n) is 2.75. The highest BCUT2D eigenvalue weighted by atomic mass is 35.5. The Morgan fingerprint density at radius 3 is 2.80 bits per heavy atom. The van der Waals surface area contributed by atoms with Gasteiger partial charge in [0.2, 0.25) is 0 Å². The molecule has 10 heavy (non-hydrogen) atoms. The molecule has 4 heteroatoms. The molecule has 0 saturated heterocycles. The van der Waals surface area contributed by atoms with Crippen LogP contribution < -0.4 is 0 Å². The Morgan fingerprint density at radius 1 is 1.80 bits per heavy atom. The first kappa shape index (κ1) is 9.46. The van der Waals surface area contributed by atoms with Crippen LogP contribution in [0.25, 0.3) is 0 Å². The van der Waals surface area contributed by atoms with Crippen molar-refractivity contribution in [3.63, 3.8) is 0 Å². The van der Waals surface area contributed by atoms with Gasteiger partial charge in [-0.1, -0.05) is 11.6 Å². The molecular weight excluding hydrogens is 156 g/mol. The van der Waals surface area contributed by atoms with E-state index in [1.807, 2.05) is 0 Å². The molecule has 0 bridgehead atoms. The molecule has 0 aromatic heterocycles. The topological polar surface area (TPSA) is 46.5 Å². The van der Waals surface area contributed by atoms with Crippen molar-refractivity contribution in [2.45, 2.75) is 6.92 Å². The first-order chi connectivity index (χ1) is 4.66. The van der Waals surface area contributed by atoms with Crippen molar-refractivity contribution in [2.24, 2.45) is 0 Å². The summed E-state index contributed by atoms with van der Waals surface area (Å²) in [7, 11) is 0. The number of halogens is 1. The molecule has 0 rings (SSSR count). The zero-order chi connectivity index (χ0) is 7.98.